The standard InChI is InChI=1S/C16H25N7O/c1-21(10-11-24)12-14-19-20-15(22(14)2)13-4-8-23(9-5-13)16-17-6-3-7-18-16/h3,6-7,13,24H,4-5,8-12H2,1-2H3. The summed E-state index contributed by atoms with van der Waals surface area (Å²) in [5, 5.41) is 17.8. The molecule has 0 atom stereocenters. The molecule has 8 heteroatoms. The van der Waals surface area contributed by atoms with Gasteiger partial charge in [0.05, 0.1) is 13.2 Å². The third-order valence-electron chi connectivity index (χ3n) is 4.59. The van der Waals surface area contributed by atoms with Gasteiger partial charge in [0.2, 0.25) is 5.95 Å². The minimum Gasteiger partial charge on any atom is -0.395 e. The van der Waals surface area contributed by atoms with Crippen LogP contribution in [0.4, 0.5) is 5.95 Å². The fourth-order valence-corrected chi connectivity index (χ4v) is 3.15. The molecule has 24 heavy (non-hydrogen) atoms. The predicted molar refractivity (Wildman–Crippen MR) is 90.6 cm³/mol. The van der Waals surface area contributed by atoms with E-state index in [1.165, 1.54) is 0 Å². The highest BCUT2D eigenvalue weighted by Crippen LogP contribution is 2.28. The van der Waals surface area contributed by atoms with Crippen molar-refractivity contribution in [1.29, 1.82) is 0 Å². The molecule has 1 saturated heterocycles. The molecule has 0 radical (unpaired) electrons. The summed E-state index contributed by atoms with van der Waals surface area (Å²) < 4.78 is 2.10. The van der Waals surface area contributed by atoms with Gasteiger partial charge in [-0.2, -0.15) is 0 Å². The van der Waals surface area contributed by atoms with E-state index in [1.807, 2.05) is 25.1 Å². The molecule has 1 N–H and O–H groups in total. The van der Waals surface area contributed by atoms with E-state index in [1.54, 1.807) is 12.4 Å². The second-order valence-electron chi connectivity index (χ2n) is 6.30. The number of hydrogen-bond acceptors (Lipinski definition) is 7. The summed E-state index contributed by atoms with van der Waals surface area (Å²) in [4.78, 5) is 12.9. The van der Waals surface area contributed by atoms with Crippen molar-refractivity contribution in [3.63, 3.8) is 0 Å². The first kappa shape index (κ1) is 16.8. The zero-order chi connectivity index (χ0) is 16.9. The van der Waals surface area contributed by atoms with Crippen LogP contribution >= 0.6 is 0 Å². The van der Waals surface area contributed by atoms with Crippen molar-refractivity contribution in [3.05, 3.63) is 30.1 Å². The second kappa shape index (κ2) is 7.67. The third-order valence-corrected chi connectivity index (χ3v) is 4.59. The topological polar surface area (TPSA) is 83.2 Å². The molecule has 130 valence electrons. The van der Waals surface area contributed by atoms with Crippen molar-refractivity contribution < 1.29 is 5.11 Å². The zero-order valence-corrected chi connectivity index (χ0v) is 14.3. The Morgan fingerprint density at radius 1 is 1.21 bits per heavy atom. The zero-order valence-electron chi connectivity index (χ0n) is 14.3. The van der Waals surface area contributed by atoms with E-state index in [2.05, 4.69) is 29.6 Å². The summed E-state index contributed by atoms with van der Waals surface area (Å²) in [5.74, 6) is 3.21. The first-order chi connectivity index (χ1) is 11.7. The number of aromatic nitrogens is 5. The van der Waals surface area contributed by atoms with Crippen LogP contribution in [0.2, 0.25) is 0 Å². The van der Waals surface area contributed by atoms with Gasteiger partial charge in [-0.1, -0.05) is 0 Å². The average Bonchev–Trinajstić information content (AvgIpc) is 2.97. The van der Waals surface area contributed by atoms with Gasteiger partial charge in [-0.15, -0.1) is 10.2 Å². The van der Waals surface area contributed by atoms with Gasteiger partial charge in [0.15, 0.2) is 0 Å². The van der Waals surface area contributed by atoms with Crippen LogP contribution in [0.1, 0.15) is 30.4 Å². The molecule has 0 amide bonds. The van der Waals surface area contributed by atoms with E-state index in [0.29, 0.717) is 19.0 Å². The Morgan fingerprint density at radius 2 is 1.92 bits per heavy atom. The summed E-state index contributed by atoms with van der Waals surface area (Å²) in [6.45, 7) is 3.35. The number of aliphatic hydroxyl groups excluding tert-OH is 1. The molecule has 1 fully saturated rings. The van der Waals surface area contributed by atoms with E-state index in [4.69, 9.17) is 5.11 Å². The fraction of sp³-hybridized carbons (Fsp3) is 0.625. The second-order valence-corrected chi connectivity index (χ2v) is 6.30. The van der Waals surface area contributed by atoms with Crippen LogP contribution in [0.25, 0.3) is 0 Å². The lowest BCUT2D eigenvalue weighted by molar-refractivity contribution is 0.213. The Bertz CT molecular complexity index is 637. The van der Waals surface area contributed by atoms with Gasteiger partial charge < -0.3 is 14.6 Å². The van der Waals surface area contributed by atoms with Crippen LogP contribution in [0.15, 0.2) is 18.5 Å². The number of likely N-dealkylation sites (N-methyl/N-ethyl adjacent to an activating group) is 1. The minimum absolute atomic E-state index is 0.154. The highest BCUT2D eigenvalue weighted by Gasteiger charge is 2.26. The molecule has 3 heterocycles. The molecule has 0 bridgehead atoms. The molecular weight excluding hydrogens is 306 g/mol. The summed E-state index contributed by atoms with van der Waals surface area (Å²) in [5.41, 5.74) is 0. The maximum absolute atomic E-state index is 9.01. The smallest absolute Gasteiger partial charge is 0.225 e. The monoisotopic (exact) mass is 331 g/mol. The molecule has 0 spiro atoms. The van der Waals surface area contributed by atoms with Gasteiger partial charge in [-0.3, -0.25) is 4.90 Å². The van der Waals surface area contributed by atoms with Gasteiger partial charge in [0.1, 0.15) is 11.6 Å². The normalized spacial score (nSPS) is 16.1. The molecule has 0 saturated carbocycles. The van der Waals surface area contributed by atoms with Crippen LogP contribution in [0.5, 0.6) is 0 Å². The molecule has 2 aromatic heterocycles. The van der Waals surface area contributed by atoms with Gasteiger partial charge in [-0.05, 0) is 26.0 Å². The number of aliphatic hydroxyl groups is 1. The Hall–Kier alpha value is -2.06. The first-order valence-electron chi connectivity index (χ1n) is 8.38. The highest BCUT2D eigenvalue weighted by molar-refractivity contribution is 5.29. The molecule has 8 nitrogen and oxygen atoms in total. The summed E-state index contributed by atoms with van der Waals surface area (Å²) in [6.07, 6.45) is 5.62. The van der Waals surface area contributed by atoms with Crippen LogP contribution in [-0.2, 0) is 13.6 Å². The van der Waals surface area contributed by atoms with E-state index in [9.17, 15) is 0 Å². The van der Waals surface area contributed by atoms with Crippen molar-refractivity contribution in [2.45, 2.75) is 25.3 Å². The fourth-order valence-electron chi connectivity index (χ4n) is 3.15. The SMILES string of the molecule is CN(CCO)Cc1nnc(C2CCN(c3ncccn3)CC2)n1C. The van der Waals surface area contributed by atoms with E-state index in [-0.39, 0.29) is 6.61 Å². The highest BCUT2D eigenvalue weighted by atomic mass is 16.3. The maximum atomic E-state index is 9.01. The Balaban J connectivity index is 1.61. The van der Waals surface area contributed by atoms with Crippen molar-refractivity contribution in [3.8, 4) is 0 Å². The van der Waals surface area contributed by atoms with Crippen LogP contribution in [0, 0.1) is 0 Å². The Kier molecular flexibility index (Phi) is 5.37. The van der Waals surface area contributed by atoms with Crippen LogP contribution in [-0.4, -0.2) is 68.0 Å². The lowest BCUT2D eigenvalue weighted by Crippen LogP contribution is -2.34. The number of rotatable bonds is 6. The largest absolute Gasteiger partial charge is 0.395 e. The number of piperidine rings is 1. The molecular formula is C16H25N7O. The summed E-state index contributed by atoms with van der Waals surface area (Å²) >= 11 is 0. The maximum Gasteiger partial charge on any atom is 0.225 e. The molecule has 0 unspecified atom stereocenters. The lowest BCUT2D eigenvalue weighted by Gasteiger charge is -2.31. The molecule has 0 aromatic carbocycles. The van der Waals surface area contributed by atoms with Crippen LogP contribution in [0.3, 0.4) is 0 Å². The minimum atomic E-state index is 0.154. The Morgan fingerprint density at radius 3 is 2.58 bits per heavy atom. The van der Waals surface area contributed by atoms with Gasteiger partial charge in [0, 0.05) is 45.0 Å². The van der Waals surface area contributed by atoms with Crippen molar-refractivity contribution in [1.82, 2.24) is 29.6 Å². The molecule has 2 aromatic rings. The first-order valence-corrected chi connectivity index (χ1v) is 8.38. The van der Waals surface area contributed by atoms with Crippen molar-refractivity contribution in [2.75, 3.05) is 38.2 Å². The number of anilines is 1. The molecule has 1 aliphatic rings. The Labute approximate surface area is 142 Å². The lowest BCUT2D eigenvalue weighted by atomic mass is 9.96. The van der Waals surface area contributed by atoms with E-state index in [0.717, 1.165) is 43.5 Å². The van der Waals surface area contributed by atoms with E-state index >= 15 is 0 Å². The van der Waals surface area contributed by atoms with Gasteiger partial charge in [-0.25, -0.2) is 9.97 Å². The average molecular weight is 331 g/mol. The van der Waals surface area contributed by atoms with Crippen molar-refractivity contribution in [2.24, 2.45) is 7.05 Å². The molecule has 1 aliphatic heterocycles. The predicted octanol–water partition coefficient (Wildman–Crippen LogP) is 0.413. The molecule has 0 aliphatic carbocycles. The van der Waals surface area contributed by atoms with Gasteiger partial charge >= 0.3 is 0 Å². The van der Waals surface area contributed by atoms with Gasteiger partial charge in [0.25, 0.3) is 0 Å². The quantitative estimate of drug-likeness (QED) is 0.821. The summed E-state index contributed by atoms with van der Waals surface area (Å²) in [7, 11) is 4.01. The van der Waals surface area contributed by atoms with E-state index < -0.39 is 0 Å². The van der Waals surface area contributed by atoms with Crippen LogP contribution < -0.4 is 4.90 Å². The third kappa shape index (κ3) is 3.70. The van der Waals surface area contributed by atoms with Crippen molar-refractivity contribution >= 4 is 5.95 Å². The summed E-state index contributed by atoms with van der Waals surface area (Å²) in [6, 6.07) is 1.84. The molecule has 3 rings (SSSR count). The number of nitrogens with zero attached hydrogens (tertiary/aromatic N) is 7. The number of hydrogen-bond donors (Lipinski definition) is 1.